The van der Waals surface area contributed by atoms with Crippen LogP contribution >= 0.6 is 12.2 Å². The fraction of sp³-hybridized carbons (Fsp3) is 0.500. The van der Waals surface area contributed by atoms with E-state index in [1.165, 1.54) is 25.7 Å². The van der Waals surface area contributed by atoms with Gasteiger partial charge in [-0.25, -0.2) is 0 Å². The number of thiocarbonyl (C=S) groups is 1. The third kappa shape index (κ3) is 5.10. The third-order valence-electron chi connectivity index (χ3n) is 3.82. The highest BCUT2D eigenvalue weighted by molar-refractivity contribution is 7.80. The smallest absolute Gasteiger partial charge is 0.225 e. The summed E-state index contributed by atoms with van der Waals surface area (Å²) in [6.07, 6.45) is 5.61. The van der Waals surface area contributed by atoms with E-state index in [0.29, 0.717) is 17.1 Å². The van der Waals surface area contributed by atoms with Crippen LogP contribution in [0.3, 0.4) is 0 Å². The molecule has 1 aliphatic rings. The van der Waals surface area contributed by atoms with Crippen molar-refractivity contribution in [2.75, 3.05) is 25.0 Å². The highest BCUT2D eigenvalue weighted by Gasteiger charge is 2.12. The van der Waals surface area contributed by atoms with Crippen molar-refractivity contribution < 1.29 is 4.79 Å². The van der Waals surface area contributed by atoms with Gasteiger partial charge in [0.15, 0.2) is 0 Å². The number of amides is 1. The van der Waals surface area contributed by atoms with Crippen molar-refractivity contribution in [2.45, 2.75) is 32.1 Å². The Balaban J connectivity index is 1.85. The molecule has 0 spiro atoms. The lowest BCUT2D eigenvalue weighted by Crippen LogP contribution is -2.29. The Morgan fingerprint density at radius 2 is 1.86 bits per heavy atom. The number of para-hydroxylation sites is 1. The van der Waals surface area contributed by atoms with Gasteiger partial charge in [0, 0.05) is 18.5 Å². The van der Waals surface area contributed by atoms with Crippen LogP contribution in [0, 0.1) is 0 Å². The molecule has 0 aliphatic carbocycles. The number of hydrogen-bond acceptors (Lipinski definition) is 3. The van der Waals surface area contributed by atoms with Gasteiger partial charge in [-0.05, 0) is 38.1 Å². The van der Waals surface area contributed by atoms with E-state index in [0.717, 1.165) is 25.2 Å². The molecule has 1 saturated heterocycles. The minimum Gasteiger partial charge on any atom is -0.389 e. The number of benzene rings is 1. The maximum Gasteiger partial charge on any atom is 0.225 e. The van der Waals surface area contributed by atoms with Crippen LogP contribution in [0.2, 0.25) is 0 Å². The van der Waals surface area contributed by atoms with Crippen molar-refractivity contribution in [1.82, 2.24) is 4.90 Å². The molecule has 1 aromatic carbocycles. The molecule has 0 atom stereocenters. The molecular formula is C16H23N3OS. The second-order valence-electron chi connectivity index (χ2n) is 5.46. The molecule has 3 N–H and O–H groups in total. The highest BCUT2D eigenvalue weighted by Crippen LogP contribution is 2.15. The Morgan fingerprint density at radius 1 is 1.19 bits per heavy atom. The number of nitrogens with one attached hydrogen (secondary N) is 1. The molecule has 0 radical (unpaired) electrons. The lowest BCUT2D eigenvalue weighted by atomic mass is 10.1. The lowest BCUT2D eigenvalue weighted by Gasteiger charge is -2.19. The molecule has 1 aromatic rings. The van der Waals surface area contributed by atoms with Crippen molar-refractivity contribution >= 4 is 28.8 Å². The molecule has 0 aromatic heterocycles. The second-order valence-corrected chi connectivity index (χ2v) is 5.90. The van der Waals surface area contributed by atoms with E-state index < -0.39 is 0 Å². The summed E-state index contributed by atoms with van der Waals surface area (Å²) in [6, 6.07) is 7.39. The van der Waals surface area contributed by atoms with Gasteiger partial charge in [-0.3, -0.25) is 4.79 Å². The van der Waals surface area contributed by atoms with E-state index >= 15 is 0 Å². The van der Waals surface area contributed by atoms with Gasteiger partial charge in [-0.15, -0.1) is 0 Å². The fourth-order valence-electron chi connectivity index (χ4n) is 2.64. The van der Waals surface area contributed by atoms with Crippen LogP contribution in [-0.4, -0.2) is 35.4 Å². The first-order valence-corrected chi connectivity index (χ1v) is 7.98. The summed E-state index contributed by atoms with van der Waals surface area (Å²) in [5, 5.41) is 2.91. The number of nitrogens with two attached hydrogens (primary N) is 1. The van der Waals surface area contributed by atoms with Crippen molar-refractivity contribution in [1.29, 1.82) is 0 Å². The number of anilines is 1. The zero-order chi connectivity index (χ0) is 15.1. The summed E-state index contributed by atoms with van der Waals surface area (Å²) < 4.78 is 0. The monoisotopic (exact) mass is 305 g/mol. The molecule has 114 valence electrons. The van der Waals surface area contributed by atoms with E-state index in [9.17, 15) is 4.79 Å². The topological polar surface area (TPSA) is 58.4 Å². The van der Waals surface area contributed by atoms with E-state index in [1.807, 2.05) is 24.3 Å². The predicted molar refractivity (Wildman–Crippen MR) is 90.5 cm³/mol. The van der Waals surface area contributed by atoms with Gasteiger partial charge in [0.05, 0.1) is 5.69 Å². The number of likely N-dealkylation sites (tertiary alicyclic amines) is 1. The lowest BCUT2D eigenvalue weighted by molar-refractivity contribution is -0.116. The molecule has 1 heterocycles. The molecule has 0 unspecified atom stereocenters. The number of hydrogen-bond donors (Lipinski definition) is 2. The summed E-state index contributed by atoms with van der Waals surface area (Å²) in [4.78, 5) is 14.8. The van der Waals surface area contributed by atoms with Gasteiger partial charge in [0.2, 0.25) is 5.91 Å². The van der Waals surface area contributed by atoms with E-state index in [4.69, 9.17) is 18.0 Å². The van der Waals surface area contributed by atoms with Gasteiger partial charge in [0.25, 0.3) is 0 Å². The standard InChI is InChI=1S/C16H23N3OS/c17-16(21)13-7-3-4-8-14(13)18-15(20)9-12-19-10-5-1-2-6-11-19/h3-4,7-8H,1-2,5-6,9-12H2,(H2,17,21)(H,18,20). The first-order chi connectivity index (χ1) is 10.2. The molecule has 2 rings (SSSR count). The molecule has 21 heavy (non-hydrogen) atoms. The van der Waals surface area contributed by atoms with Crippen LogP contribution in [-0.2, 0) is 4.79 Å². The second kappa shape index (κ2) is 8.10. The van der Waals surface area contributed by atoms with Gasteiger partial charge >= 0.3 is 0 Å². The number of carbonyl (C=O) groups is 1. The normalized spacial score (nSPS) is 16.2. The summed E-state index contributed by atoms with van der Waals surface area (Å²) >= 11 is 5.00. The molecule has 4 nitrogen and oxygen atoms in total. The fourth-order valence-corrected chi connectivity index (χ4v) is 2.82. The van der Waals surface area contributed by atoms with Crippen LogP contribution < -0.4 is 11.1 Å². The quantitative estimate of drug-likeness (QED) is 0.821. The SMILES string of the molecule is NC(=S)c1ccccc1NC(=O)CCN1CCCCCC1. The van der Waals surface area contributed by atoms with Gasteiger partial charge in [-0.1, -0.05) is 37.2 Å². The first-order valence-electron chi connectivity index (χ1n) is 7.58. The highest BCUT2D eigenvalue weighted by atomic mass is 32.1. The summed E-state index contributed by atoms with van der Waals surface area (Å²) in [7, 11) is 0. The largest absolute Gasteiger partial charge is 0.389 e. The molecule has 5 heteroatoms. The zero-order valence-corrected chi connectivity index (χ0v) is 13.1. The zero-order valence-electron chi connectivity index (χ0n) is 12.3. The van der Waals surface area contributed by atoms with Crippen molar-refractivity contribution in [3.8, 4) is 0 Å². The Kier molecular flexibility index (Phi) is 6.14. The maximum atomic E-state index is 12.1. The predicted octanol–water partition coefficient (Wildman–Crippen LogP) is 2.53. The van der Waals surface area contributed by atoms with Crippen LogP contribution in [0.1, 0.15) is 37.7 Å². The molecule has 1 aliphatic heterocycles. The van der Waals surface area contributed by atoms with Gasteiger partial charge in [-0.2, -0.15) is 0 Å². The van der Waals surface area contributed by atoms with Gasteiger partial charge < -0.3 is 16.0 Å². The number of carbonyl (C=O) groups excluding carboxylic acids is 1. The average molecular weight is 305 g/mol. The van der Waals surface area contributed by atoms with E-state index in [2.05, 4.69) is 10.2 Å². The van der Waals surface area contributed by atoms with E-state index in [-0.39, 0.29) is 5.91 Å². The summed E-state index contributed by atoms with van der Waals surface area (Å²) in [5.41, 5.74) is 7.09. The molecular weight excluding hydrogens is 282 g/mol. The van der Waals surface area contributed by atoms with Crippen LogP contribution in [0.25, 0.3) is 0 Å². The maximum absolute atomic E-state index is 12.1. The Bertz CT molecular complexity index is 496. The molecule has 1 fully saturated rings. The van der Waals surface area contributed by atoms with Crippen molar-refractivity contribution in [3.05, 3.63) is 29.8 Å². The number of rotatable bonds is 5. The van der Waals surface area contributed by atoms with Gasteiger partial charge in [0.1, 0.15) is 4.99 Å². The van der Waals surface area contributed by atoms with Crippen LogP contribution in [0.4, 0.5) is 5.69 Å². The first kappa shape index (κ1) is 15.9. The minimum absolute atomic E-state index is 0.0166. The van der Waals surface area contributed by atoms with Crippen molar-refractivity contribution in [2.24, 2.45) is 5.73 Å². The summed E-state index contributed by atoms with van der Waals surface area (Å²) in [6.45, 7) is 3.04. The minimum atomic E-state index is 0.0166. The van der Waals surface area contributed by atoms with Crippen LogP contribution in [0.15, 0.2) is 24.3 Å². The third-order valence-corrected chi connectivity index (χ3v) is 4.04. The molecule has 0 saturated carbocycles. The average Bonchev–Trinajstić information content (AvgIpc) is 2.74. The van der Waals surface area contributed by atoms with Crippen molar-refractivity contribution in [3.63, 3.8) is 0 Å². The van der Waals surface area contributed by atoms with Crippen LogP contribution in [0.5, 0.6) is 0 Å². The molecule has 0 bridgehead atoms. The Morgan fingerprint density at radius 3 is 2.52 bits per heavy atom. The molecule has 1 amide bonds. The van der Waals surface area contributed by atoms with E-state index in [1.54, 1.807) is 0 Å². The Labute approximate surface area is 131 Å². The number of nitrogens with zero attached hydrogens (tertiary/aromatic N) is 1. The Hall–Kier alpha value is -1.46. The summed E-state index contributed by atoms with van der Waals surface area (Å²) in [5.74, 6) is 0.0166.